The van der Waals surface area contributed by atoms with Crippen molar-refractivity contribution in [1.82, 2.24) is 25.5 Å². The van der Waals surface area contributed by atoms with E-state index in [1.54, 1.807) is 13.2 Å². The predicted molar refractivity (Wildman–Crippen MR) is 224 cm³/mol. The molecule has 3 fully saturated rings. The van der Waals surface area contributed by atoms with Gasteiger partial charge in [0.05, 0.1) is 30.8 Å². The molecule has 308 valence electrons. The van der Waals surface area contributed by atoms with E-state index in [-0.39, 0.29) is 31.0 Å². The summed E-state index contributed by atoms with van der Waals surface area (Å²) >= 11 is 1.48. The van der Waals surface area contributed by atoms with Crippen molar-refractivity contribution in [3.8, 4) is 22.9 Å². The average Bonchev–Trinajstić information content (AvgIpc) is 3.59. The normalized spacial score (nSPS) is 22.9. The van der Waals surface area contributed by atoms with Crippen molar-refractivity contribution in [2.75, 3.05) is 25.1 Å². The highest BCUT2D eigenvalue weighted by Crippen LogP contribution is 2.60. The Labute approximate surface area is 340 Å². The second-order valence-corrected chi connectivity index (χ2v) is 19.7. The van der Waals surface area contributed by atoms with Crippen molar-refractivity contribution in [2.24, 2.45) is 11.3 Å². The summed E-state index contributed by atoms with van der Waals surface area (Å²) in [5.74, 6) is 0.188. The summed E-state index contributed by atoms with van der Waals surface area (Å²) in [6, 6.07) is 5.62. The molecule has 6 rings (SSSR count). The van der Waals surface area contributed by atoms with Gasteiger partial charge < -0.3 is 35.1 Å². The summed E-state index contributed by atoms with van der Waals surface area (Å²) in [4.78, 5) is 53.7. The molecule has 1 saturated heterocycles. The standard InChI is InChI=1S/C42H57N6O7PS/c1-9-11-18-56(52)42(22-26(42)10-2)47-37(49)34-20-29(23-48(34)38(50)36(41(5,6)7)46-40(51)55-27-14-12-13-15-27)54-35-21-32(33-24-57-39(45-33)43-25(3)4)44-31-19-28(53-8)16-17-30(31)35/h10,16-17,19,21,24-27,29,34,36H,2,9,11-15,18,20,22-23H2,1,3-8H3,(H2-,43,45,46,47,49,51)/p+1/t26-,29-,34+,36-,42+/m1/s1. The summed E-state index contributed by atoms with van der Waals surface area (Å²) in [6.07, 6.45) is 6.71. The summed E-state index contributed by atoms with van der Waals surface area (Å²) < 4.78 is 31.7. The number of fused-ring (bicyclic) bond motifs is 1. The van der Waals surface area contributed by atoms with Crippen LogP contribution in [0.1, 0.15) is 92.9 Å². The third kappa shape index (κ3) is 9.71. The molecule has 1 aromatic carbocycles. The smallest absolute Gasteiger partial charge is 0.408 e. The largest absolute Gasteiger partial charge is 0.497 e. The SMILES string of the molecule is C=C[C@@H]1C[C@]1(NC(=O)[C@@H]1C[C@@H](Oc2cc(-c3csc(NC(C)C)n3)nc3cc(OC)ccc23)CN1C(=O)[C@@H](NC(=O)OC1CCCC1)C(C)(C)C)[P+](=O)CCCC. The fourth-order valence-corrected chi connectivity index (χ4v) is 10.7. The Hall–Kier alpha value is -4.29. The molecule has 2 aromatic heterocycles. The summed E-state index contributed by atoms with van der Waals surface area (Å²) in [5.41, 5.74) is 1.17. The Kier molecular flexibility index (Phi) is 13.1. The number of methoxy groups -OCH3 is 1. The van der Waals surface area contributed by atoms with E-state index < -0.39 is 54.6 Å². The van der Waals surface area contributed by atoms with Crippen LogP contribution in [0.3, 0.4) is 0 Å². The quantitative estimate of drug-likeness (QED) is 0.0948. The highest BCUT2D eigenvalue weighted by Gasteiger charge is 2.68. The average molecular weight is 822 g/mol. The van der Waals surface area contributed by atoms with Crippen molar-refractivity contribution in [1.29, 1.82) is 0 Å². The predicted octanol–water partition coefficient (Wildman–Crippen LogP) is 8.26. The van der Waals surface area contributed by atoms with Crippen LogP contribution >= 0.6 is 19.1 Å². The maximum absolute atomic E-state index is 14.8. The van der Waals surface area contributed by atoms with Crippen LogP contribution in [0.5, 0.6) is 11.5 Å². The van der Waals surface area contributed by atoms with E-state index in [4.69, 9.17) is 24.2 Å². The topological polar surface area (TPSA) is 161 Å². The van der Waals surface area contributed by atoms with Crippen LogP contribution in [0.2, 0.25) is 0 Å². The molecule has 1 aliphatic heterocycles. The molecule has 1 unspecified atom stereocenters. The zero-order valence-electron chi connectivity index (χ0n) is 34.3. The van der Waals surface area contributed by atoms with Crippen LogP contribution in [0, 0.1) is 11.3 Å². The monoisotopic (exact) mass is 821 g/mol. The summed E-state index contributed by atoms with van der Waals surface area (Å²) in [7, 11) is -0.186. The lowest BCUT2D eigenvalue weighted by Crippen LogP contribution is -2.58. The van der Waals surface area contributed by atoms with Crippen molar-refractivity contribution in [3.05, 3.63) is 42.3 Å². The molecular formula is C42H58N6O7PS+. The van der Waals surface area contributed by atoms with Gasteiger partial charge in [0.25, 0.3) is 0 Å². The number of thiazole rings is 1. The lowest BCUT2D eigenvalue weighted by atomic mass is 9.85. The number of amides is 3. The van der Waals surface area contributed by atoms with Gasteiger partial charge in [-0.3, -0.25) is 9.59 Å². The number of aromatic nitrogens is 2. The molecule has 0 spiro atoms. The lowest BCUT2D eigenvalue weighted by Gasteiger charge is -2.35. The molecule has 0 bridgehead atoms. The maximum Gasteiger partial charge on any atom is 0.408 e. The number of likely N-dealkylation sites (tertiary alicyclic amines) is 1. The van der Waals surface area contributed by atoms with Gasteiger partial charge in [0.1, 0.15) is 47.6 Å². The van der Waals surface area contributed by atoms with Crippen LogP contribution < -0.4 is 25.4 Å². The third-order valence-corrected chi connectivity index (χ3v) is 14.0. The Morgan fingerprint density at radius 1 is 1.12 bits per heavy atom. The van der Waals surface area contributed by atoms with E-state index in [9.17, 15) is 18.9 Å². The van der Waals surface area contributed by atoms with Gasteiger partial charge in [0.2, 0.25) is 17.1 Å². The summed E-state index contributed by atoms with van der Waals surface area (Å²) in [6.45, 7) is 15.8. The van der Waals surface area contributed by atoms with Crippen molar-refractivity contribution in [2.45, 2.75) is 129 Å². The molecule has 3 N–H and O–H groups in total. The zero-order chi connectivity index (χ0) is 41.1. The van der Waals surface area contributed by atoms with E-state index in [1.807, 2.05) is 71.2 Å². The van der Waals surface area contributed by atoms with Gasteiger partial charge in [-0.1, -0.05) is 44.8 Å². The minimum Gasteiger partial charge on any atom is -0.497 e. The molecule has 57 heavy (non-hydrogen) atoms. The van der Waals surface area contributed by atoms with Crippen LogP contribution in [0.25, 0.3) is 22.3 Å². The van der Waals surface area contributed by atoms with E-state index in [1.165, 1.54) is 16.2 Å². The summed E-state index contributed by atoms with van der Waals surface area (Å²) in [5, 5.41) is 11.9. The first-order valence-corrected chi connectivity index (χ1v) is 22.5. The Bertz CT molecular complexity index is 1980. The lowest BCUT2D eigenvalue weighted by molar-refractivity contribution is -0.142. The van der Waals surface area contributed by atoms with Crippen LogP contribution in [0.15, 0.2) is 42.3 Å². The fourth-order valence-electron chi connectivity index (χ4n) is 7.76. The highest BCUT2D eigenvalue weighted by molar-refractivity contribution is 7.47. The van der Waals surface area contributed by atoms with E-state index in [2.05, 4.69) is 22.5 Å². The van der Waals surface area contributed by atoms with Gasteiger partial charge in [-0.05, 0) is 63.5 Å². The number of carbonyl (C=O) groups is 3. The van der Waals surface area contributed by atoms with Gasteiger partial charge in [-0.25, -0.2) is 14.8 Å². The molecule has 3 heterocycles. The first-order chi connectivity index (χ1) is 27.1. The minimum atomic E-state index is -1.78. The Morgan fingerprint density at radius 2 is 1.88 bits per heavy atom. The first-order valence-electron chi connectivity index (χ1n) is 20.2. The minimum absolute atomic E-state index is 0.0666. The second-order valence-electron chi connectivity index (χ2n) is 16.9. The molecule has 3 aromatic rings. The van der Waals surface area contributed by atoms with Gasteiger partial charge >= 0.3 is 13.9 Å². The number of nitrogens with one attached hydrogen (secondary N) is 3. The molecule has 0 radical (unpaired) electrons. The molecule has 6 atom stereocenters. The van der Waals surface area contributed by atoms with Crippen LogP contribution in [-0.4, -0.2) is 88.2 Å². The first kappa shape index (κ1) is 42.3. The molecule has 13 nitrogen and oxygen atoms in total. The number of anilines is 1. The second kappa shape index (κ2) is 17.7. The number of hydrogen-bond donors (Lipinski definition) is 3. The number of pyridine rings is 1. The maximum atomic E-state index is 14.8. The number of unbranched alkanes of at least 4 members (excludes halogenated alkanes) is 1. The molecule has 2 saturated carbocycles. The molecule has 2 aliphatic carbocycles. The number of carbonyl (C=O) groups excluding carboxylic acids is 3. The Balaban J connectivity index is 1.33. The highest BCUT2D eigenvalue weighted by atomic mass is 32.1. The Morgan fingerprint density at radius 3 is 2.53 bits per heavy atom. The van der Waals surface area contributed by atoms with Gasteiger partial charge in [-0.2, -0.15) is 0 Å². The van der Waals surface area contributed by atoms with Gasteiger partial charge in [0, 0.05) is 41.8 Å². The van der Waals surface area contributed by atoms with Crippen molar-refractivity contribution in [3.63, 3.8) is 0 Å². The molecular weight excluding hydrogens is 764 g/mol. The number of rotatable bonds is 16. The number of hydrogen-bond acceptors (Lipinski definition) is 11. The molecule has 3 aliphatic rings. The molecule has 3 amide bonds. The van der Waals surface area contributed by atoms with Gasteiger partial charge in [-0.15, -0.1) is 17.9 Å². The van der Waals surface area contributed by atoms with Crippen molar-refractivity contribution >= 4 is 53.1 Å². The molecule has 15 heteroatoms. The third-order valence-electron chi connectivity index (χ3n) is 11.0. The number of alkyl carbamates (subject to hydrolysis) is 1. The van der Waals surface area contributed by atoms with Crippen LogP contribution in [0.4, 0.5) is 9.93 Å². The van der Waals surface area contributed by atoms with Crippen LogP contribution in [-0.2, 0) is 18.9 Å². The van der Waals surface area contributed by atoms with Crippen molar-refractivity contribution < 1.29 is 33.2 Å². The van der Waals surface area contributed by atoms with E-state index >= 15 is 0 Å². The number of ether oxygens (including phenoxy) is 3. The van der Waals surface area contributed by atoms with E-state index in [0.29, 0.717) is 41.0 Å². The number of nitrogens with zero attached hydrogens (tertiary/aromatic N) is 3. The van der Waals surface area contributed by atoms with Gasteiger partial charge in [0.15, 0.2) is 5.13 Å². The van der Waals surface area contributed by atoms with E-state index in [0.717, 1.165) is 49.0 Å². The number of benzene rings is 1. The fraction of sp³-hybridized carbons (Fsp3) is 0.595. The zero-order valence-corrected chi connectivity index (χ0v) is 36.0.